The first-order valence-corrected chi connectivity index (χ1v) is 7.41. The molecule has 0 aromatic heterocycles. The van der Waals surface area contributed by atoms with E-state index < -0.39 is 0 Å². The summed E-state index contributed by atoms with van der Waals surface area (Å²) in [5.74, 6) is 0.868. The summed E-state index contributed by atoms with van der Waals surface area (Å²) in [6, 6.07) is 0. The van der Waals surface area contributed by atoms with Crippen LogP contribution in [0.1, 0.15) is 71.6 Å². The molecule has 17 heavy (non-hydrogen) atoms. The molecule has 2 nitrogen and oxygen atoms in total. The van der Waals surface area contributed by atoms with Gasteiger partial charge in [0.1, 0.15) is 6.29 Å². The Kier molecular flexibility index (Phi) is 13.4. The molecular formula is C15H31NO. The highest BCUT2D eigenvalue weighted by Gasteiger charge is 1.95. The SMILES string of the molecule is CC(C)CCCCCCCCCNCCC=O. The van der Waals surface area contributed by atoms with Crippen molar-refractivity contribution in [2.24, 2.45) is 5.92 Å². The Morgan fingerprint density at radius 3 is 2.06 bits per heavy atom. The lowest BCUT2D eigenvalue weighted by molar-refractivity contribution is -0.107. The van der Waals surface area contributed by atoms with Crippen LogP contribution in [-0.2, 0) is 4.79 Å². The summed E-state index contributed by atoms with van der Waals surface area (Å²) in [4.78, 5) is 10.1. The van der Waals surface area contributed by atoms with Gasteiger partial charge in [0.05, 0.1) is 0 Å². The molecule has 0 saturated heterocycles. The molecule has 2 heteroatoms. The second-order valence-corrected chi connectivity index (χ2v) is 5.36. The maximum Gasteiger partial charge on any atom is 0.121 e. The van der Waals surface area contributed by atoms with Gasteiger partial charge in [0.25, 0.3) is 0 Å². The summed E-state index contributed by atoms with van der Waals surface area (Å²) >= 11 is 0. The highest BCUT2D eigenvalue weighted by atomic mass is 16.1. The summed E-state index contributed by atoms with van der Waals surface area (Å²) in [6.45, 7) is 6.52. The highest BCUT2D eigenvalue weighted by molar-refractivity contribution is 5.49. The van der Waals surface area contributed by atoms with Crippen molar-refractivity contribution in [2.45, 2.75) is 71.6 Å². The first-order valence-electron chi connectivity index (χ1n) is 7.41. The standard InChI is InChI=1S/C15H31NO/c1-15(2)11-8-6-4-3-5-7-9-12-16-13-10-14-17/h14-16H,3-13H2,1-2H3. The number of carbonyl (C=O) groups is 1. The fourth-order valence-electron chi connectivity index (χ4n) is 1.97. The lowest BCUT2D eigenvalue weighted by atomic mass is 10.0. The first-order chi connectivity index (χ1) is 8.27. The molecule has 0 atom stereocenters. The Balaban J connectivity index is 2.91. The molecular weight excluding hydrogens is 210 g/mol. The lowest BCUT2D eigenvalue weighted by Crippen LogP contribution is -2.16. The van der Waals surface area contributed by atoms with Crippen LogP contribution < -0.4 is 5.32 Å². The van der Waals surface area contributed by atoms with Crippen molar-refractivity contribution in [1.82, 2.24) is 5.32 Å². The van der Waals surface area contributed by atoms with E-state index in [1.54, 1.807) is 0 Å². The van der Waals surface area contributed by atoms with Crippen LogP contribution in [0, 0.1) is 5.92 Å². The Hall–Kier alpha value is -0.370. The van der Waals surface area contributed by atoms with Gasteiger partial charge < -0.3 is 10.1 Å². The molecule has 1 N–H and O–H groups in total. The summed E-state index contributed by atoms with van der Waals surface area (Å²) < 4.78 is 0. The highest BCUT2D eigenvalue weighted by Crippen LogP contribution is 2.11. The minimum Gasteiger partial charge on any atom is -0.316 e. The van der Waals surface area contributed by atoms with Crippen molar-refractivity contribution in [3.63, 3.8) is 0 Å². The van der Waals surface area contributed by atoms with Gasteiger partial charge in [-0.25, -0.2) is 0 Å². The van der Waals surface area contributed by atoms with Gasteiger partial charge in [-0.15, -0.1) is 0 Å². The second kappa shape index (κ2) is 13.7. The van der Waals surface area contributed by atoms with Crippen LogP contribution >= 0.6 is 0 Å². The Morgan fingerprint density at radius 2 is 1.47 bits per heavy atom. The van der Waals surface area contributed by atoms with Gasteiger partial charge in [0.2, 0.25) is 0 Å². The minimum atomic E-state index is 0.649. The number of hydrogen-bond donors (Lipinski definition) is 1. The minimum absolute atomic E-state index is 0.649. The maximum atomic E-state index is 10.1. The normalized spacial score (nSPS) is 11.0. The predicted molar refractivity (Wildman–Crippen MR) is 75.3 cm³/mol. The molecule has 102 valence electrons. The fraction of sp³-hybridized carbons (Fsp3) is 0.933. The molecule has 0 bridgehead atoms. The molecule has 0 aliphatic rings. The van der Waals surface area contributed by atoms with Crippen molar-refractivity contribution in [1.29, 1.82) is 0 Å². The van der Waals surface area contributed by atoms with Gasteiger partial charge in [-0.1, -0.05) is 58.8 Å². The number of hydrogen-bond acceptors (Lipinski definition) is 2. The van der Waals surface area contributed by atoms with Gasteiger partial charge >= 0.3 is 0 Å². The van der Waals surface area contributed by atoms with Gasteiger partial charge in [0.15, 0.2) is 0 Å². The largest absolute Gasteiger partial charge is 0.316 e. The van der Waals surface area contributed by atoms with Gasteiger partial charge in [-0.05, 0) is 18.9 Å². The van der Waals surface area contributed by atoms with Gasteiger partial charge in [0, 0.05) is 13.0 Å². The van der Waals surface area contributed by atoms with Crippen LogP contribution in [0.25, 0.3) is 0 Å². The van der Waals surface area contributed by atoms with E-state index in [-0.39, 0.29) is 0 Å². The second-order valence-electron chi connectivity index (χ2n) is 5.36. The van der Waals surface area contributed by atoms with Crippen molar-refractivity contribution < 1.29 is 4.79 Å². The third-order valence-electron chi connectivity index (χ3n) is 3.07. The molecule has 0 radical (unpaired) electrons. The van der Waals surface area contributed by atoms with E-state index in [1.807, 2.05) is 0 Å². The van der Waals surface area contributed by atoms with Crippen LogP contribution in [0.3, 0.4) is 0 Å². The zero-order valence-electron chi connectivity index (χ0n) is 11.8. The van der Waals surface area contributed by atoms with E-state index in [2.05, 4.69) is 19.2 Å². The van der Waals surface area contributed by atoms with E-state index in [4.69, 9.17) is 0 Å². The molecule has 0 saturated carbocycles. The molecule has 0 unspecified atom stereocenters. The average Bonchev–Trinajstić information content (AvgIpc) is 2.30. The van der Waals surface area contributed by atoms with Crippen molar-refractivity contribution in [3.8, 4) is 0 Å². The molecule has 0 heterocycles. The van der Waals surface area contributed by atoms with Crippen molar-refractivity contribution in [3.05, 3.63) is 0 Å². The third-order valence-corrected chi connectivity index (χ3v) is 3.07. The Labute approximate surface area is 108 Å². The summed E-state index contributed by atoms with van der Waals surface area (Å²) in [5.41, 5.74) is 0. The lowest BCUT2D eigenvalue weighted by Gasteiger charge is -2.05. The Morgan fingerprint density at radius 1 is 0.882 bits per heavy atom. The number of rotatable bonds is 13. The topological polar surface area (TPSA) is 29.1 Å². The quantitative estimate of drug-likeness (QED) is 0.391. The van der Waals surface area contributed by atoms with Crippen LogP contribution in [0.5, 0.6) is 0 Å². The molecule has 0 fully saturated rings. The van der Waals surface area contributed by atoms with E-state index in [0.29, 0.717) is 6.42 Å². The van der Waals surface area contributed by atoms with Crippen LogP contribution in [0.4, 0.5) is 0 Å². The maximum absolute atomic E-state index is 10.1. The fourth-order valence-corrected chi connectivity index (χ4v) is 1.97. The van der Waals surface area contributed by atoms with Crippen LogP contribution in [0.2, 0.25) is 0 Å². The smallest absolute Gasteiger partial charge is 0.121 e. The predicted octanol–water partition coefficient (Wildman–Crippen LogP) is 3.94. The first kappa shape index (κ1) is 16.6. The number of nitrogens with one attached hydrogen (secondary N) is 1. The van der Waals surface area contributed by atoms with Gasteiger partial charge in [-0.3, -0.25) is 0 Å². The molecule has 0 aliphatic heterocycles. The van der Waals surface area contributed by atoms with Crippen LogP contribution in [0.15, 0.2) is 0 Å². The summed E-state index contributed by atoms with van der Waals surface area (Å²) in [7, 11) is 0. The van der Waals surface area contributed by atoms with Crippen molar-refractivity contribution >= 4 is 6.29 Å². The number of carbonyl (C=O) groups excluding carboxylic acids is 1. The Bertz CT molecular complexity index is 157. The zero-order valence-corrected chi connectivity index (χ0v) is 11.8. The summed E-state index contributed by atoms with van der Waals surface area (Å²) in [6.07, 6.45) is 12.6. The number of aldehydes is 1. The van der Waals surface area contributed by atoms with E-state index >= 15 is 0 Å². The summed E-state index contributed by atoms with van der Waals surface area (Å²) in [5, 5.41) is 3.28. The molecule has 0 rings (SSSR count). The van der Waals surface area contributed by atoms with Gasteiger partial charge in [-0.2, -0.15) is 0 Å². The third kappa shape index (κ3) is 15.6. The molecule has 0 spiro atoms. The molecule has 0 aromatic rings. The average molecular weight is 241 g/mol. The monoisotopic (exact) mass is 241 g/mol. The van der Waals surface area contributed by atoms with Crippen molar-refractivity contribution in [2.75, 3.05) is 13.1 Å². The van der Waals surface area contributed by atoms with E-state index in [1.165, 1.54) is 51.4 Å². The van der Waals surface area contributed by atoms with E-state index in [9.17, 15) is 4.79 Å². The molecule has 0 amide bonds. The molecule has 0 aromatic carbocycles. The number of unbranched alkanes of at least 4 members (excludes halogenated alkanes) is 6. The molecule has 0 aliphatic carbocycles. The van der Waals surface area contributed by atoms with Crippen LogP contribution in [-0.4, -0.2) is 19.4 Å². The van der Waals surface area contributed by atoms with E-state index in [0.717, 1.165) is 25.3 Å². The zero-order chi connectivity index (χ0) is 12.8.